The zero-order valence-electron chi connectivity index (χ0n) is 8.98. The third-order valence-corrected chi connectivity index (χ3v) is 4.66. The van der Waals surface area contributed by atoms with Crippen LogP contribution < -0.4 is 0 Å². The molecular weight excluding hydrogens is 336 g/mol. The fraction of sp³-hybridized carbons (Fsp3) is 0.667. The number of halogens is 2. The lowest BCUT2D eigenvalue weighted by molar-refractivity contribution is 0.815. The third kappa shape index (κ3) is 6.08. The Balaban J connectivity index is 2.23. The van der Waals surface area contributed by atoms with E-state index in [1.54, 1.807) is 9.75 Å². The molecule has 1 rings (SSSR count). The Morgan fingerprint density at radius 1 is 0.800 bits per heavy atom. The summed E-state index contributed by atoms with van der Waals surface area (Å²) in [6.07, 6.45) is 7.72. The van der Waals surface area contributed by atoms with Crippen molar-refractivity contribution in [3.63, 3.8) is 0 Å². The number of hydrogen-bond acceptors (Lipinski definition) is 1. The van der Waals surface area contributed by atoms with E-state index in [0.717, 1.165) is 10.7 Å². The number of rotatable bonds is 8. The van der Waals surface area contributed by atoms with Crippen LogP contribution in [0.2, 0.25) is 0 Å². The number of hydrogen-bond donors (Lipinski definition) is 0. The van der Waals surface area contributed by atoms with Gasteiger partial charge in [-0.25, -0.2) is 0 Å². The minimum Gasteiger partial charge on any atom is -0.145 e. The van der Waals surface area contributed by atoms with E-state index < -0.39 is 0 Å². The molecule has 0 atom stereocenters. The molecule has 0 saturated carbocycles. The van der Waals surface area contributed by atoms with Gasteiger partial charge in [-0.3, -0.25) is 0 Å². The summed E-state index contributed by atoms with van der Waals surface area (Å²) in [5.41, 5.74) is 0. The molecule has 86 valence electrons. The molecule has 0 N–H and O–H groups in total. The van der Waals surface area contributed by atoms with Crippen molar-refractivity contribution in [2.24, 2.45) is 0 Å². The minimum atomic E-state index is 1.14. The van der Waals surface area contributed by atoms with Gasteiger partial charge in [0.1, 0.15) is 0 Å². The first-order valence-corrected chi connectivity index (χ1v) is 8.62. The van der Waals surface area contributed by atoms with Crippen LogP contribution in [-0.2, 0) is 12.8 Å². The zero-order valence-corrected chi connectivity index (χ0v) is 13.0. The molecule has 1 aromatic rings. The van der Waals surface area contributed by atoms with Crippen LogP contribution in [0.15, 0.2) is 12.1 Å². The molecule has 0 amide bonds. The van der Waals surface area contributed by atoms with Gasteiger partial charge in [0, 0.05) is 20.4 Å². The summed E-state index contributed by atoms with van der Waals surface area (Å²) in [7, 11) is 0. The van der Waals surface area contributed by atoms with Gasteiger partial charge in [-0.2, -0.15) is 0 Å². The molecule has 0 aromatic carbocycles. The summed E-state index contributed by atoms with van der Waals surface area (Å²) in [6, 6.07) is 4.62. The SMILES string of the molecule is BrCCCCc1ccc(CCCCBr)s1. The molecule has 1 aromatic heterocycles. The summed E-state index contributed by atoms with van der Waals surface area (Å²) in [5.74, 6) is 0. The highest BCUT2D eigenvalue weighted by atomic mass is 79.9. The predicted octanol–water partition coefficient (Wildman–Crippen LogP) is 5.18. The van der Waals surface area contributed by atoms with E-state index in [1.165, 1.54) is 38.5 Å². The highest BCUT2D eigenvalue weighted by Crippen LogP contribution is 2.20. The van der Waals surface area contributed by atoms with Gasteiger partial charge in [0.25, 0.3) is 0 Å². The van der Waals surface area contributed by atoms with E-state index in [1.807, 2.05) is 11.3 Å². The first-order chi connectivity index (χ1) is 7.36. The van der Waals surface area contributed by atoms with Gasteiger partial charge in [0.2, 0.25) is 0 Å². The Morgan fingerprint density at radius 2 is 1.27 bits per heavy atom. The first kappa shape index (κ1) is 13.7. The van der Waals surface area contributed by atoms with Crippen LogP contribution in [0.4, 0.5) is 0 Å². The fourth-order valence-electron chi connectivity index (χ4n) is 1.48. The monoisotopic (exact) mass is 352 g/mol. The van der Waals surface area contributed by atoms with E-state index in [0.29, 0.717) is 0 Å². The van der Waals surface area contributed by atoms with Crippen LogP contribution in [0.25, 0.3) is 0 Å². The average molecular weight is 354 g/mol. The second-order valence-corrected chi connectivity index (χ2v) is 6.50. The first-order valence-electron chi connectivity index (χ1n) is 5.56. The Morgan fingerprint density at radius 3 is 1.67 bits per heavy atom. The second-order valence-electron chi connectivity index (χ2n) is 3.66. The predicted molar refractivity (Wildman–Crippen MR) is 77.8 cm³/mol. The topological polar surface area (TPSA) is 0 Å². The van der Waals surface area contributed by atoms with E-state index in [2.05, 4.69) is 44.0 Å². The van der Waals surface area contributed by atoms with E-state index >= 15 is 0 Å². The van der Waals surface area contributed by atoms with Crippen LogP contribution in [0.5, 0.6) is 0 Å². The molecule has 0 spiro atoms. The Labute approximate surface area is 114 Å². The summed E-state index contributed by atoms with van der Waals surface area (Å²) in [4.78, 5) is 3.12. The fourth-order valence-corrected chi connectivity index (χ4v) is 3.37. The Bertz CT molecular complexity index is 233. The van der Waals surface area contributed by atoms with E-state index in [9.17, 15) is 0 Å². The lowest BCUT2D eigenvalue weighted by atomic mass is 10.2. The van der Waals surface area contributed by atoms with Gasteiger partial charge in [-0.05, 0) is 50.7 Å². The van der Waals surface area contributed by atoms with E-state index in [4.69, 9.17) is 0 Å². The van der Waals surface area contributed by atoms with Crippen molar-refractivity contribution in [1.29, 1.82) is 0 Å². The molecule has 0 aliphatic heterocycles. The molecule has 15 heavy (non-hydrogen) atoms. The van der Waals surface area contributed by atoms with Gasteiger partial charge in [0.05, 0.1) is 0 Å². The Hall–Kier alpha value is 0.660. The molecule has 0 fully saturated rings. The maximum atomic E-state index is 3.47. The van der Waals surface area contributed by atoms with Gasteiger partial charge < -0.3 is 0 Å². The molecule has 0 unspecified atom stereocenters. The lowest BCUT2D eigenvalue weighted by Gasteiger charge is -1.96. The van der Waals surface area contributed by atoms with Crippen molar-refractivity contribution in [2.45, 2.75) is 38.5 Å². The van der Waals surface area contributed by atoms with Crippen molar-refractivity contribution in [2.75, 3.05) is 10.7 Å². The lowest BCUT2D eigenvalue weighted by Crippen LogP contribution is -1.82. The van der Waals surface area contributed by atoms with Crippen molar-refractivity contribution in [1.82, 2.24) is 0 Å². The molecule has 0 bridgehead atoms. The number of alkyl halides is 2. The van der Waals surface area contributed by atoms with Crippen molar-refractivity contribution in [3.05, 3.63) is 21.9 Å². The summed E-state index contributed by atoms with van der Waals surface area (Å²) in [6.45, 7) is 0. The minimum absolute atomic E-state index is 1.14. The molecule has 3 heteroatoms. The number of thiophene rings is 1. The zero-order chi connectivity index (χ0) is 10.9. The van der Waals surface area contributed by atoms with Gasteiger partial charge in [-0.15, -0.1) is 11.3 Å². The normalized spacial score (nSPS) is 10.8. The van der Waals surface area contributed by atoms with Crippen molar-refractivity contribution in [3.8, 4) is 0 Å². The summed E-state index contributed by atoms with van der Waals surface area (Å²) >= 11 is 8.94. The average Bonchev–Trinajstić information content (AvgIpc) is 2.67. The molecule has 0 nitrogen and oxygen atoms in total. The van der Waals surface area contributed by atoms with Gasteiger partial charge in [0.15, 0.2) is 0 Å². The van der Waals surface area contributed by atoms with Crippen LogP contribution in [0, 0.1) is 0 Å². The highest BCUT2D eigenvalue weighted by Gasteiger charge is 2.00. The van der Waals surface area contributed by atoms with Crippen molar-refractivity contribution < 1.29 is 0 Å². The van der Waals surface area contributed by atoms with Crippen molar-refractivity contribution >= 4 is 43.2 Å². The maximum Gasteiger partial charge on any atom is 0.00481 e. The largest absolute Gasteiger partial charge is 0.145 e. The number of unbranched alkanes of at least 4 members (excludes halogenated alkanes) is 2. The molecule has 0 aliphatic carbocycles. The van der Waals surface area contributed by atoms with Crippen LogP contribution in [-0.4, -0.2) is 10.7 Å². The van der Waals surface area contributed by atoms with Gasteiger partial charge >= 0.3 is 0 Å². The molecule has 1 heterocycles. The third-order valence-electron chi connectivity index (χ3n) is 2.33. The van der Waals surface area contributed by atoms with Crippen LogP contribution in [0.3, 0.4) is 0 Å². The quantitative estimate of drug-likeness (QED) is 0.446. The summed E-state index contributed by atoms with van der Waals surface area (Å²) < 4.78 is 0. The molecule has 0 aliphatic rings. The smallest absolute Gasteiger partial charge is 0.00481 e. The standard InChI is InChI=1S/C12H18Br2S/c13-9-3-1-5-11-7-8-12(15-11)6-2-4-10-14/h7-8H,1-6,9-10H2. The molecular formula is C12H18Br2S. The second kappa shape index (κ2) is 8.77. The van der Waals surface area contributed by atoms with Gasteiger partial charge in [-0.1, -0.05) is 31.9 Å². The summed E-state index contributed by atoms with van der Waals surface area (Å²) in [5, 5.41) is 2.27. The Kier molecular flexibility index (Phi) is 8.02. The van der Waals surface area contributed by atoms with Crippen LogP contribution >= 0.6 is 43.2 Å². The maximum absolute atomic E-state index is 3.47. The van der Waals surface area contributed by atoms with E-state index in [-0.39, 0.29) is 0 Å². The van der Waals surface area contributed by atoms with Crippen LogP contribution in [0.1, 0.15) is 35.4 Å². The highest BCUT2D eigenvalue weighted by molar-refractivity contribution is 9.09. The molecule has 0 radical (unpaired) electrons. The molecule has 0 saturated heterocycles. The number of aryl methyl sites for hydroxylation is 2.